The highest BCUT2D eigenvalue weighted by Crippen LogP contribution is 2.68. The third-order valence-electron chi connectivity index (χ3n) is 12.1. The minimum absolute atomic E-state index is 0.0316. The summed E-state index contributed by atoms with van der Waals surface area (Å²) in [6, 6.07) is 0. The van der Waals surface area contributed by atoms with Crippen LogP contribution in [0.15, 0.2) is 0 Å². The summed E-state index contributed by atoms with van der Waals surface area (Å²) >= 11 is 0. The van der Waals surface area contributed by atoms with Crippen LogP contribution in [0.4, 0.5) is 0 Å². The van der Waals surface area contributed by atoms with E-state index < -0.39 is 22.2 Å². The van der Waals surface area contributed by atoms with Gasteiger partial charge in [0.2, 0.25) is 0 Å². The molecule has 7 aliphatic carbocycles. The van der Waals surface area contributed by atoms with E-state index in [1.165, 1.54) is 12.8 Å². The van der Waals surface area contributed by atoms with Gasteiger partial charge >= 0.3 is 5.97 Å². The molecule has 0 aromatic carbocycles. The topological polar surface area (TPSA) is 66.8 Å². The molecule has 0 aromatic rings. The SMILES string of the molecule is CC1C2CC(C3C2CCCC3(C)O)C1C(C)(C)C(=O)OC1(C)C2CC3CC1CC(O)(C3)C2. The summed E-state index contributed by atoms with van der Waals surface area (Å²) in [6.07, 6.45) is 9.17. The van der Waals surface area contributed by atoms with Crippen molar-refractivity contribution in [3.05, 3.63) is 0 Å². The Morgan fingerprint density at radius 2 is 1.62 bits per heavy atom. The van der Waals surface area contributed by atoms with Crippen molar-refractivity contribution in [3.63, 3.8) is 0 Å². The van der Waals surface area contributed by atoms with Crippen LogP contribution in [-0.2, 0) is 9.53 Å². The number of aliphatic hydroxyl groups is 2. The second-order valence-electron chi connectivity index (χ2n) is 14.3. The molecule has 6 bridgehead atoms. The molecule has 0 amide bonds. The molecule has 9 atom stereocenters. The fourth-order valence-electron chi connectivity index (χ4n) is 11.0. The lowest BCUT2D eigenvalue weighted by Crippen LogP contribution is -2.64. The normalized spacial score (nSPS) is 58.2. The highest BCUT2D eigenvalue weighted by atomic mass is 16.6. The lowest BCUT2D eigenvalue weighted by atomic mass is 9.48. The molecule has 4 nitrogen and oxygen atoms in total. The lowest BCUT2D eigenvalue weighted by Gasteiger charge is -2.62. The average Bonchev–Trinajstić information content (AvgIpc) is 3.21. The van der Waals surface area contributed by atoms with Crippen molar-refractivity contribution in [3.8, 4) is 0 Å². The van der Waals surface area contributed by atoms with Crippen molar-refractivity contribution < 1.29 is 19.7 Å². The summed E-state index contributed by atoms with van der Waals surface area (Å²) < 4.78 is 6.57. The summed E-state index contributed by atoms with van der Waals surface area (Å²) in [6.45, 7) is 10.8. The quantitative estimate of drug-likeness (QED) is 0.604. The third-order valence-corrected chi connectivity index (χ3v) is 12.1. The average molecular weight is 445 g/mol. The van der Waals surface area contributed by atoms with E-state index in [1.807, 2.05) is 0 Å². The number of esters is 1. The molecule has 7 fully saturated rings. The maximum atomic E-state index is 13.9. The van der Waals surface area contributed by atoms with E-state index in [4.69, 9.17) is 4.74 Å². The smallest absolute Gasteiger partial charge is 0.312 e. The van der Waals surface area contributed by atoms with Crippen molar-refractivity contribution in [2.24, 2.45) is 58.7 Å². The molecule has 0 aliphatic heterocycles. The third kappa shape index (κ3) is 2.78. The highest BCUT2D eigenvalue weighted by molar-refractivity contribution is 5.77. The van der Waals surface area contributed by atoms with E-state index >= 15 is 0 Å². The van der Waals surface area contributed by atoms with Gasteiger partial charge < -0.3 is 14.9 Å². The van der Waals surface area contributed by atoms with Crippen molar-refractivity contribution in [1.29, 1.82) is 0 Å². The van der Waals surface area contributed by atoms with Crippen LogP contribution >= 0.6 is 0 Å². The number of carbonyl (C=O) groups excluding carboxylic acids is 1. The maximum Gasteiger partial charge on any atom is 0.312 e. The standard InChI is InChI=1S/C28H44O4/c1-15-20-11-21(23-19(20)7-6-8-26(23,4)30)22(15)25(2,3)24(29)32-27(5)17-9-16-10-18(27)14-28(31,12-16)13-17/h15-23,30-31H,6-14H2,1-5H3. The predicted octanol–water partition coefficient (Wildman–Crippen LogP) is 4.95. The van der Waals surface area contributed by atoms with Crippen LogP contribution in [0.2, 0.25) is 0 Å². The molecule has 7 aliphatic rings. The van der Waals surface area contributed by atoms with E-state index in [1.54, 1.807) is 0 Å². The Balaban J connectivity index is 1.25. The van der Waals surface area contributed by atoms with E-state index in [9.17, 15) is 15.0 Å². The molecule has 0 radical (unpaired) electrons. The van der Waals surface area contributed by atoms with Gasteiger partial charge in [-0.05, 0) is 120 Å². The van der Waals surface area contributed by atoms with Crippen molar-refractivity contribution in [1.82, 2.24) is 0 Å². The Labute approximate surface area is 193 Å². The number of hydrogen-bond acceptors (Lipinski definition) is 4. The summed E-state index contributed by atoms with van der Waals surface area (Å²) in [7, 11) is 0. The molecule has 180 valence electrons. The van der Waals surface area contributed by atoms with Crippen LogP contribution in [0.5, 0.6) is 0 Å². The Bertz CT molecular complexity index is 798. The van der Waals surface area contributed by atoms with Gasteiger partial charge in [-0.25, -0.2) is 0 Å². The number of rotatable bonds is 3. The Morgan fingerprint density at radius 1 is 0.969 bits per heavy atom. The molecular weight excluding hydrogens is 400 g/mol. The fourth-order valence-corrected chi connectivity index (χ4v) is 11.0. The molecule has 9 unspecified atom stereocenters. The predicted molar refractivity (Wildman–Crippen MR) is 122 cm³/mol. The molecule has 0 heterocycles. The molecule has 2 N–H and O–H groups in total. The van der Waals surface area contributed by atoms with Crippen LogP contribution in [0.1, 0.15) is 92.4 Å². The fraction of sp³-hybridized carbons (Fsp3) is 0.964. The van der Waals surface area contributed by atoms with Gasteiger partial charge in [0.15, 0.2) is 0 Å². The molecule has 7 rings (SSSR count). The number of ether oxygens (including phenoxy) is 1. The Morgan fingerprint density at radius 3 is 2.25 bits per heavy atom. The van der Waals surface area contributed by atoms with Gasteiger partial charge in [-0.2, -0.15) is 0 Å². The zero-order valence-corrected chi connectivity index (χ0v) is 20.8. The van der Waals surface area contributed by atoms with Gasteiger partial charge in [0.25, 0.3) is 0 Å². The van der Waals surface area contributed by atoms with E-state index in [0.717, 1.165) is 44.9 Å². The summed E-state index contributed by atoms with van der Waals surface area (Å²) in [5.74, 6) is 3.96. The van der Waals surface area contributed by atoms with Crippen LogP contribution in [0.25, 0.3) is 0 Å². The van der Waals surface area contributed by atoms with Gasteiger partial charge in [0, 0.05) is 11.8 Å². The molecule has 0 spiro atoms. The van der Waals surface area contributed by atoms with Crippen molar-refractivity contribution in [2.75, 3.05) is 0 Å². The monoisotopic (exact) mass is 444 g/mol. The first-order chi connectivity index (χ1) is 14.9. The minimum Gasteiger partial charge on any atom is -0.458 e. The minimum atomic E-state index is -0.594. The second-order valence-corrected chi connectivity index (χ2v) is 14.3. The van der Waals surface area contributed by atoms with Crippen molar-refractivity contribution in [2.45, 2.75) is 109 Å². The van der Waals surface area contributed by atoms with Gasteiger partial charge in [-0.1, -0.05) is 13.3 Å². The number of carbonyl (C=O) groups is 1. The summed E-state index contributed by atoms with van der Waals surface area (Å²) in [5, 5.41) is 22.3. The van der Waals surface area contributed by atoms with Crippen molar-refractivity contribution >= 4 is 5.97 Å². The van der Waals surface area contributed by atoms with Crippen LogP contribution < -0.4 is 0 Å². The van der Waals surface area contributed by atoms with Gasteiger partial charge in [-0.15, -0.1) is 0 Å². The molecule has 7 saturated carbocycles. The van der Waals surface area contributed by atoms with Gasteiger partial charge in [-0.3, -0.25) is 4.79 Å². The number of hydrogen-bond donors (Lipinski definition) is 2. The molecular formula is C28H44O4. The molecule has 32 heavy (non-hydrogen) atoms. The van der Waals surface area contributed by atoms with Crippen LogP contribution in [0, 0.1) is 58.7 Å². The van der Waals surface area contributed by atoms with E-state index in [0.29, 0.717) is 47.3 Å². The highest BCUT2D eigenvalue weighted by Gasteiger charge is 2.67. The molecule has 4 heteroatoms. The molecule has 0 aromatic heterocycles. The first kappa shape index (κ1) is 21.9. The van der Waals surface area contributed by atoms with E-state index in [2.05, 4.69) is 34.6 Å². The first-order valence-corrected chi connectivity index (χ1v) is 13.5. The Hall–Kier alpha value is -0.610. The summed E-state index contributed by atoms with van der Waals surface area (Å²) in [5.41, 5.74) is -2.09. The number of fused-ring (bicyclic) bond motifs is 5. The molecule has 0 saturated heterocycles. The van der Waals surface area contributed by atoms with Gasteiger partial charge in [0.05, 0.1) is 16.6 Å². The first-order valence-electron chi connectivity index (χ1n) is 13.5. The zero-order valence-electron chi connectivity index (χ0n) is 20.8. The second kappa shape index (κ2) is 6.53. The van der Waals surface area contributed by atoms with E-state index in [-0.39, 0.29) is 11.9 Å². The maximum absolute atomic E-state index is 13.9. The van der Waals surface area contributed by atoms with Crippen LogP contribution in [-0.4, -0.2) is 33.0 Å². The largest absolute Gasteiger partial charge is 0.458 e. The summed E-state index contributed by atoms with van der Waals surface area (Å²) in [4.78, 5) is 13.9. The Kier molecular flexibility index (Phi) is 4.47. The zero-order chi connectivity index (χ0) is 22.8. The van der Waals surface area contributed by atoms with Crippen LogP contribution in [0.3, 0.4) is 0 Å². The van der Waals surface area contributed by atoms with Gasteiger partial charge in [0.1, 0.15) is 5.60 Å². The lowest BCUT2D eigenvalue weighted by molar-refractivity contribution is -0.243.